The molecule has 6 nitrogen and oxygen atoms in total. The van der Waals surface area contributed by atoms with Gasteiger partial charge in [0.1, 0.15) is 0 Å². The molecule has 2 heterocycles. The summed E-state index contributed by atoms with van der Waals surface area (Å²) < 4.78 is 1.79. The summed E-state index contributed by atoms with van der Waals surface area (Å²) in [6.07, 6.45) is 11.8. The Labute approximate surface area is 89.0 Å². The number of hydrogen-bond acceptors (Lipinski definition) is 5. The second-order valence-electron chi connectivity index (χ2n) is 2.15. The maximum Gasteiger partial charge on any atom is 0.0956 e. The van der Waals surface area contributed by atoms with Gasteiger partial charge in [-0.15, -0.1) is 0 Å². The SMILES string of the molecule is CN.NCn1ccnc1.c1cnccn1. The van der Waals surface area contributed by atoms with Gasteiger partial charge in [-0.3, -0.25) is 9.97 Å². The van der Waals surface area contributed by atoms with Crippen molar-refractivity contribution in [3.8, 4) is 0 Å². The average molecular weight is 208 g/mol. The fourth-order valence-electron chi connectivity index (χ4n) is 0.648. The van der Waals surface area contributed by atoms with Gasteiger partial charge in [-0.25, -0.2) is 4.98 Å². The number of hydrogen-bond donors (Lipinski definition) is 2. The number of aromatic nitrogens is 4. The molecule has 2 aromatic heterocycles. The van der Waals surface area contributed by atoms with Gasteiger partial charge in [-0.1, -0.05) is 0 Å². The predicted octanol–water partition coefficient (Wildman–Crippen LogP) is -0.149. The largest absolute Gasteiger partial charge is 0.333 e. The van der Waals surface area contributed by atoms with Crippen LogP contribution < -0.4 is 11.5 Å². The van der Waals surface area contributed by atoms with Crippen molar-refractivity contribution in [2.24, 2.45) is 11.5 Å². The first-order valence-electron chi connectivity index (χ1n) is 4.37. The first kappa shape index (κ1) is 13.2. The molecule has 0 saturated heterocycles. The van der Waals surface area contributed by atoms with Crippen molar-refractivity contribution in [1.82, 2.24) is 19.5 Å². The van der Waals surface area contributed by atoms with E-state index in [2.05, 4.69) is 20.7 Å². The van der Waals surface area contributed by atoms with Crippen LogP contribution in [0.3, 0.4) is 0 Å². The predicted molar refractivity (Wildman–Crippen MR) is 58.6 cm³/mol. The molecule has 4 N–H and O–H groups in total. The Morgan fingerprint density at radius 3 is 1.67 bits per heavy atom. The van der Waals surface area contributed by atoms with Crippen LogP contribution in [0.25, 0.3) is 0 Å². The van der Waals surface area contributed by atoms with Gasteiger partial charge in [-0.05, 0) is 7.05 Å². The first-order valence-corrected chi connectivity index (χ1v) is 4.37. The highest BCUT2D eigenvalue weighted by Crippen LogP contribution is 1.77. The number of nitrogens with zero attached hydrogens (tertiary/aromatic N) is 4. The summed E-state index contributed by atoms with van der Waals surface area (Å²) in [5.74, 6) is 0. The Hall–Kier alpha value is -1.79. The average Bonchev–Trinajstić information content (AvgIpc) is 2.88. The zero-order valence-corrected chi connectivity index (χ0v) is 8.69. The van der Waals surface area contributed by atoms with E-state index in [9.17, 15) is 0 Å². The van der Waals surface area contributed by atoms with Gasteiger partial charge in [0, 0.05) is 37.2 Å². The van der Waals surface area contributed by atoms with Crippen LogP contribution in [0, 0.1) is 0 Å². The Bertz CT molecular complexity index is 267. The molecule has 0 spiro atoms. The molecule has 0 aromatic carbocycles. The number of nitrogens with two attached hydrogens (primary N) is 2. The topological polar surface area (TPSA) is 95.6 Å². The lowest BCUT2D eigenvalue weighted by Gasteiger charge is -1.88. The smallest absolute Gasteiger partial charge is 0.0956 e. The zero-order chi connectivity index (χ0) is 11.4. The normalized spacial score (nSPS) is 7.93. The second-order valence-corrected chi connectivity index (χ2v) is 2.15. The number of rotatable bonds is 1. The molecular weight excluding hydrogens is 192 g/mol. The van der Waals surface area contributed by atoms with Gasteiger partial charge in [0.05, 0.1) is 13.0 Å². The van der Waals surface area contributed by atoms with Crippen LogP contribution in [0.2, 0.25) is 0 Å². The van der Waals surface area contributed by atoms with E-state index in [1.807, 2.05) is 6.20 Å². The third-order valence-electron chi connectivity index (χ3n) is 1.25. The Balaban J connectivity index is 0.000000227. The van der Waals surface area contributed by atoms with Gasteiger partial charge >= 0.3 is 0 Å². The third-order valence-corrected chi connectivity index (χ3v) is 1.25. The molecule has 0 amide bonds. The number of imidazole rings is 1. The van der Waals surface area contributed by atoms with E-state index in [4.69, 9.17) is 5.73 Å². The first-order chi connectivity index (χ1) is 7.43. The van der Waals surface area contributed by atoms with E-state index in [1.54, 1.807) is 41.9 Å². The van der Waals surface area contributed by atoms with Crippen LogP contribution in [0.4, 0.5) is 0 Å². The second kappa shape index (κ2) is 10.3. The maximum absolute atomic E-state index is 5.22. The van der Waals surface area contributed by atoms with Gasteiger partial charge in [-0.2, -0.15) is 0 Å². The molecule has 6 heteroatoms. The van der Waals surface area contributed by atoms with Crippen molar-refractivity contribution < 1.29 is 0 Å². The van der Waals surface area contributed by atoms with Crippen molar-refractivity contribution in [3.05, 3.63) is 43.5 Å². The van der Waals surface area contributed by atoms with Crippen LogP contribution in [-0.4, -0.2) is 26.6 Å². The molecule has 0 unspecified atom stereocenters. The monoisotopic (exact) mass is 208 g/mol. The Morgan fingerprint density at radius 1 is 0.933 bits per heavy atom. The van der Waals surface area contributed by atoms with Gasteiger partial charge in [0.2, 0.25) is 0 Å². The summed E-state index contributed by atoms with van der Waals surface area (Å²) in [5.41, 5.74) is 9.72. The van der Waals surface area contributed by atoms with Gasteiger partial charge in [0.25, 0.3) is 0 Å². The molecule has 2 aromatic rings. The lowest BCUT2D eigenvalue weighted by molar-refractivity contribution is 0.731. The molecular formula is C9H16N6. The van der Waals surface area contributed by atoms with E-state index >= 15 is 0 Å². The van der Waals surface area contributed by atoms with Crippen LogP contribution in [0.5, 0.6) is 0 Å². The minimum Gasteiger partial charge on any atom is -0.333 e. The fourth-order valence-corrected chi connectivity index (χ4v) is 0.648. The van der Waals surface area contributed by atoms with Crippen LogP contribution >= 0.6 is 0 Å². The lowest BCUT2D eigenvalue weighted by atomic mass is 10.8. The van der Waals surface area contributed by atoms with E-state index in [0.29, 0.717) is 6.67 Å². The van der Waals surface area contributed by atoms with Crippen molar-refractivity contribution in [1.29, 1.82) is 0 Å². The van der Waals surface area contributed by atoms with Crippen molar-refractivity contribution >= 4 is 0 Å². The molecule has 2 rings (SSSR count). The molecule has 0 aliphatic heterocycles. The summed E-state index contributed by atoms with van der Waals surface area (Å²) in [5, 5.41) is 0. The molecule has 0 fully saturated rings. The molecule has 0 saturated carbocycles. The summed E-state index contributed by atoms with van der Waals surface area (Å²) in [7, 11) is 1.50. The highest BCUT2D eigenvalue weighted by atomic mass is 15.1. The standard InChI is InChI=1S/C4H7N3.C4H4N2.CH5N/c5-3-7-2-1-6-4-7;1-2-6-4-3-5-1;1-2/h1-2,4H,3,5H2;1-4H;2H2,1H3. The van der Waals surface area contributed by atoms with Crippen molar-refractivity contribution in [2.75, 3.05) is 7.05 Å². The molecule has 0 aliphatic carbocycles. The Kier molecular flexibility index (Phi) is 9.06. The van der Waals surface area contributed by atoms with E-state index < -0.39 is 0 Å². The molecule has 15 heavy (non-hydrogen) atoms. The molecule has 0 atom stereocenters. The Morgan fingerprint density at radius 2 is 1.47 bits per heavy atom. The lowest BCUT2D eigenvalue weighted by Crippen LogP contribution is -2.03. The third kappa shape index (κ3) is 7.29. The quantitative estimate of drug-likeness (QED) is 0.679. The summed E-state index contributed by atoms with van der Waals surface area (Å²) >= 11 is 0. The van der Waals surface area contributed by atoms with Gasteiger partial charge in [0.15, 0.2) is 0 Å². The molecule has 0 aliphatic rings. The van der Waals surface area contributed by atoms with E-state index in [1.165, 1.54) is 7.05 Å². The minimum atomic E-state index is 0.514. The van der Waals surface area contributed by atoms with Crippen molar-refractivity contribution in [2.45, 2.75) is 6.67 Å². The van der Waals surface area contributed by atoms with Crippen LogP contribution in [0.1, 0.15) is 0 Å². The summed E-state index contributed by atoms with van der Waals surface area (Å²) in [6.45, 7) is 0.514. The van der Waals surface area contributed by atoms with E-state index in [0.717, 1.165) is 0 Å². The highest BCUT2D eigenvalue weighted by Gasteiger charge is 1.77. The summed E-state index contributed by atoms with van der Waals surface area (Å²) in [4.78, 5) is 11.2. The van der Waals surface area contributed by atoms with Crippen LogP contribution in [0.15, 0.2) is 43.5 Å². The van der Waals surface area contributed by atoms with Gasteiger partial charge < -0.3 is 16.0 Å². The zero-order valence-electron chi connectivity index (χ0n) is 8.69. The fraction of sp³-hybridized carbons (Fsp3) is 0.222. The molecule has 0 radical (unpaired) electrons. The highest BCUT2D eigenvalue weighted by molar-refractivity contribution is 4.72. The van der Waals surface area contributed by atoms with Crippen LogP contribution in [-0.2, 0) is 6.67 Å². The molecule has 82 valence electrons. The summed E-state index contributed by atoms with van der Waals surface area (Å²) in [6, 6.07) is 0. The maximum atomic E-state index is 5.22. The van der Waals surface area contributed by atoms with Crippen molar-refractivity contribution in [3.63, 3.8) is 0 Å². The van der Waals surface area contributed by atoms with E-state index in [-0.39, 0.29) is 0 Å². The minimum absolute atomic E-state index is 0.514. The molecule has 0 bridgehead atoms.